The number of nitrogens with one attached hydrogen (secondary N) is 2. The van der Waals surface area contributed by atoms with Gasteiger partial charge in [0.05, 0.1) is 11.3 Å². The summed E-state index contributed by atoms with van der Waals surface area (Å²) in [6, 6.07) is 13.0. The normalized spacial score (nSPS) is 11.3. The molecule has 0 aliphatic carbocycles. The molecular formula is C18H21F2N3O2. The number of para-hydroxylation sites is 1. The minimum atomic E-state index is -2.87. The number of hydrogen-bond donors (Lipinski definition) is 3. The lowest BCUT2D eigenvalue weighted by molar-refractivity contribution is -0.0498. The van der Waals surface area contributed by atoms with Crippen molar-refractivity contribution in [3.63, 3.8) is 0 Å². The summed E-state index contributed by atoms with van der Waals surface area (Å²) in [5.41, 5.74) is 7.05. The van der Waals surface area contributed by atoms with Crippen LogP contribution in [0.1, 0.15) is 24.2 Å². The Hall–Kier alpha value is -2.67. The van der Waals surface area contributed by atoms with E-state index < -0.39 is 12.2 Å². The number of rotatable bonds is 7. The second kappa shape index (κ2) is 7.94. The molecule has 0 saturated heterocycles. The van der Waals surface area contributed by atoms with Gasteiger partial charge in [0.2, 0.25) is 0 Å². The molecule has 0 bridgehead atoms. The molecule has 25 heavy (non-hydrogen) atoms. The van der Waals surface area contributed by atoms with Crippen LogP contribution in [0.5, 0.6) is 5.75 Å². The van der Waals surface area contributed by atoms with E-state index in [-0.39, 0.29) is 11.7 Å². The lowest BCUT2D eigenvalue weighted by Crippen LogP contribution is -2.45. The molecule has 0 saturated carbocycles. The predicted octanol–water partition coefficient (Wildman–Crippen LogP) is 3.50. The number of nitrogens with two attached hydrogens (primary N) is 1. The Balaban J connectivity index is 2.11. The summed E-state index contributed by atoms with van der Waals surface area (Å²) in [5.74, 6) is -0.184. The van der Waals surface area contributed by atoms with Gasteiger partial charge in [-0.1, -0.05) is 12.1 Å². The van der Waals surface area contributed by atoms with Crippen LogP contribution in [0.2, 0.25) is 0 Å². The summed E-state index contributed by atoms with van der Waals surface area (Å²) in [6.45, 7) is 1.11. The molecule has 4 N–H and O–H groups in total. The standard InChI is InChI=1S/C18H21F2N3O2/c1-18(2,21)11-22-16(24)14-5-3-4-6-15(14)23-12-7-9-13(10-8-12)25-17(19)20/h3-10,17,23H,11,21H2,1-2H3,(H,22,24). The van der Waals surface area contributed by atoms with Crippen molar-refractivity contribution in [1.29, 1.82) is 0 Å². The molecule has 0 fully saturated rings. The van der Waals surface area contributed by atoms with Crippen LogP contribution in [0.15, 0.2) is 48.5 Å². The fourth-order valence-electron chi connectivity index (χ4n) is 2.07. The first kappa shape index (κ1) is 18.7. The van der Waals surface area contributed by atoms with Crippen LogP contribution >= 0.6 is 0 Å². The Morgan fingerprint density at radius 2 is 1.80 bits per heavy atom. The van der Waals surface area contributed by atoms with Crippen molar-refractivity contribution in [2.24, 2.45) is 5.73 Å². The zero-order valence-corrected chi connectivity index (χ0v) is 14.1. The van der Waals surface area contributed by atoms with E-state index in [2.05, 4.69) is 15.4 Å². The molecule has 0 atom stereocenters. The summed E-state index contributed by atoms with van der Waals surface area (Å²) in [7, 11) is 0. The van der Waals surface area contributed by atoms with Gasteiger partial charge in [-0.25, -0.2) is 0 Å². The van der Waals surface area contributed by atoms with Crippen LogP contribution in [-0.4, -0.2) is 24.6 Å². The number of halogens is 2. The van der Waals surface area contributed by atoms with Crippen LogP contribution in [0.3, 0.4) is 0 Å². The topological polar surface area (TPSA) is 76.4 Å². The number of benzene rings is 2. The van der Waals surface area contributed by atoms with Gasteiger partial charge in [-0.15, -0.1) is 0 Å². The maximum absolute atomic E-state index is 12.4. The van der Waals surface area contributed by atoms with Gasteiger partial charge >= 0.3 is 6.61 Å². The number of carbonyl (C=O) groups is 1. The van der Waals surface area contributed by atoms with Gasteiger partial charge in [-0.05, 0) is 50.2 Å². The average molecular weight is 349 g/mol. The first-order valence-electron chi connectivity index (χ1n) is 7.72. The lowest BCUT2D eigenvalue weighted by Gasteiger charge is -2.19. The Labute approximate surface area is 145 Å². The lowest BCUT2D eigenvalue weighted by atomic mass is 10.1. The van der Waals surface area contributed by atoms with Crippen LogP contribution in [0.4, 0.5) is 20.2 Å². The summed E-state index contributed by atoms with van der Waals surface area (Å²) in [4.78, 5) is 12.4. The van der Waals surface area contributed by atoms with Gasteiger partial charge in [0, 0.05) is 17.8 Å². The molecule has 5 nitrogen and oxygen atoms in total. The third kappa shape index (κ3) is 6.04. The average Bonchev–Trinajstić information content (AvgIpc) is 2.54. The number of hydrogen-bond acceptors (Lipinski definition) is 4. The molecule has 2 rings (SSSR count). The maximum Gasteiger partial charge on any atom is 0.387 e. The Bertz CT molecular complexity index is 713. The van der Waals surface area contributed by atoms with Gasteiger partial charge < -0.3 is 21.1 Å². The van der Waals surface area contributed by atoms with Crippen molar-refractivity contribution in [3.05, 3.63) is 54.1 Å². The summed E-state index contributed by atoms with van der Waals surface area (Å²) in [5, 5.41) is 5.88. The molecule has 0 aliphatic rings. The molecule has 0 aromatic heterocycles. The molecule has 0 heterocycles. The van der Waals surface area contributed by atoms with E-state index in [1.165, 1.54) is 12.1 Å². The van der Waals surface area contributed by atoms with E-state index in [1.54, 1.807) is 36.4 Å². The second-order valence-electron chi connectivity index (χ2n) is 6.24. The number of amides is 1. The summed E-state index contributed by atoms with van der Waals surface area (Å²) >= 11 is 0. The third-order valence-corrected chi connectivity index (χ3v) is 3.23. The summed E-state index contributed by atoms with van der Waals surface area (Å²) < 4.78 is 28.7. The minimum Gasteiger partial charge on any atom is -0.435 e. The highest BCUT2D eigenvalue weighted by Crippen LogP contribution is 2.23. The van der Waals surface area contributed by atoms with Gasteiger partial charge in [-0.3, -0.25) is 4.79 Å². The Morgan fingerprint density at radius 1 is 1.16 bits per heavy atom. The SMILES string of the molecule is CC(C)(N)CNC(=O)c1ccccc1Nc1ccc(OC(F)F)cc1. The molecule has 1 amide bonds. The van der Waals surface area contributed by atoms with Crippen molar-refractivity contribution in [2.45, 2.75) is 26.0 Å². The molecule has 0 aliphatic heterocycles. The van der Waals surface area contributed by atoms with Gasteiger partial charge in [-0.2, -0.15) is 8.78 Å². The van der Waals surface area contributed by atoms with Crippen molar-refractivity contribution in [1.82, 2.24) is 5.32 Å². The third-order valence-electron chi connectivity index (χ3n) is 3.23. The fraction of sp³-hybridized carbons (Fsp3) is 0.278. The molecule has 7 heteroatoms. The van der Waals surface area contributed by atoms with Gasteiger partial charge in [0.25, 0.3) is 5.91 Å². The zero-order chi connectivity index (χ0) is 18.4. The number of anilines is 2. The van der Waals surface area contributed by atoms with Crippen LogP contribution in [0, 0.1) is 0 Å². The smallest absolute Gasteiger partial charge is 0.387 e. The highest BCUT2D eigenvalue weighted by atomic mass is 19.3. The molecule has 134 valence electrons. The number of ether oxygens (including phenoxy) is 1. The van der Waals surface area contributed by atoms with Crippen LogP contribution in [0.25, 0.3) is 0 Å². The zero-order valence-electron chi connectivity index (χ0n) is 14.1. The van der Waals surface area contributed by atoms with Crippen molar-refractivity contribution >= 4 is 17.3 Å². The molecular weight excluding hydrogens is 328 g/mol. The van der Waals surface area contributed by atoms with Crippen molar-refractivity contribution in [2.75, 3.05) is 11.9 Å². The van der Waals surface area contributed by atoms with Gasteiger partial charge in [0.1, 0.15) is 5.75 Å². The van der Waals surface area contributed by atoms with Crippen molar-refractivity contribution in [3.8, 4) is 5.75 Å². The van der Waals surface area contributed by atoms with E-state index in [0.717, 1.165) is 0 Å². The minimum absolute atomic E-state index is 0.0664. The fourth-order valence-corrected chi connectivity index (χ4v) is 2.07. The second-order valence-corrected chi connectivity index (χ2v) is 6.24. The quantitative estimate of drug-likeness (QED) is 0.715. The molecule has 2 aromatic carbocycles. The molecule has 0 radical (unpaired) electrons. The Morgan fingerprint density at radius 3 is 2.40 bits per heavy atom. The molecule has 0 spiro atoms. The first-order chi connectivity index (χ1) is 11.7. The monoisotopic (exact) mass is 349 g/mol. The molecule has 0 unspecified atom stereocenters. The summed E-state index contributed by atoms with van der Waals surface area (Å²) in [6.07, 6.45) is 0. The largest absolute Gasteiger partial charge is 0.435 e. The van der Waals surface area contributed by atoms with Crippen LogP contribution in [-0.2, 0) is 0 Å². The highest BCUT2D eigenvalue weighted by molar-refractivity contribution is 6.00. The van der Waals surface area contributed by atoms with E-state index in [9.17, 15) is 13.6 Å². The number of carbonyl (C=O) groups excluding carboxylic acids is 1. The number of alkyl halides is 2. The van der Waals surface area contributed by atoms with E-state index in [1.807, 2.05) is 13.8 Å². The van der Waals surface area contributed by atoms with Gasteiger partial charge in [0.15, 0.2) is 0 Å². The highest BCUT2D eigenvalue weighted by Gasteiger charge is 2.15. The van der Waals surface area contributed by atoms with E-state index in [4.69, 9.17) is 5.73 Å². The molecule has 2 aromatic rings. The predicted molar refractivity (Wildman–Crippen MR) is 93.4 cm³/mol. The maximum atomic E-state index is 12.4. The Kier molecular flexibility index (Phi) is 5.93. The van der Waals surface area contributed by atoms with Crippen molar-refractivity contribution < 1.29 is 18.3 Å². The van der Waals surface area contributed by atoms with Crippen LogP contribution < -0.4 is 21.1 Å². The van der Waals surface area contributed by atoms with E-state index in [0.29, 0.717) is 23.5 Å². The van der Waals surface area contributed by atoms with E-state index >= 15 is 0 Å². The first-order valence-corrected chi connectivity index (χ1v) is 7.72.